The maximum Gasteiger partial charge on any atom is 0.273 e. The van der Waals surface area contributed by atoms with Gasteiger partial charge in [-0.1, -0.05) is 37.3 Å². The number of benzene rings is 1. The maximum absolute atomic E-state index is 11.7. The Bertz CT molecular complexity index is 736. The third kappa shape index (κ3) is 2.71. The van der Waals surface area contributed by atoms with E-state index in [1.165, 1.54) is 0 Å². The van der Waals surface area contributed by atoms with Gasteiger partial charge in [-0.25, -0.2) is 13.6 Å². The molecule has 21 heavy (non-hydrogen) atoms. The van der Waals surface area contributed by atoms with Crippen LogP contribution < -0.4 is 5.14 Å². The largest absolute Gasteiger partial charge is 0.297 e. The molecule has 2 N–H and O–H groups in total. The van der Waals surface area contributed by atoms with E-state index >= 15 is 0 Å². The molecule has 1 aromatic heterocycles. The van der Waals surface area contributed by atoms with E-state index in [1.54, 1.807) is 4.57 Å². The minimum absolute atomic E-state index is 0.0230. The van der Waals surface area contributed by atoms with Gasteiger partial charge in [0.2, 0.25) is 0 Å². The van der Waals surface area contributed by atoms with Crippen LogP contribution in [0.4, 0.5) is 0 Å². The smallest absolute Gasteiger partial charge is 0.273 e. The van der Waals surface area contributed by atoms with Crippen molar-refractivity contribution in [2.24, 2.45) is 5.14 Å². The lowest BCUT2D eigenvalue weighted by Crippen LogP contribution is -2.20. The summed E-state index contributed by atoms with van der Waals surface area (Å²) in [6.07, 6.45) is 2.71. The highest BCUT2D eigenvalue weighted by molar-refractivity contribution is 7.89. The van der Waals surface area contributed by atoms with Gasteiger partial charge in [0.05, 0.1) is 0 Å². The normalized spacial score (nSPS) is 16.9. The lowest BCUT2D eigenvalue weighted by Gasteiger charge is -2.16. The lowest BCUT2D eigenvalue weighted by atomic mass is 9.95. The Morgan fingerprint density at radius 2 is 1.95 bits per heavy atom. The number of primary sulfonamides is 1. The van der Waals surface area contributed by atoms with Crippen LogP contribution >= 0.6 is 0 Å². The van der Waals surface area contributed by atoms with Gasteiger partial charge in [0.1, 0.15) is 5.82 Å². The Balaban J connectivity index is 2.12. The van der Waals surface area contributed by atoms with Crippen molar-refractivity contribution in [3.63, 3.8) is 0 Å². The average Bonchev–Trinajstić information content (AvgIpc) is 3.19. The Kier molecular flexibility index (Phi) is 3.54. The molecule has 0 amide bonds. The first-order chi connectivity index (χ1) is 10.0. The highest BCUT2D eigenvalue weighted by Gasteiger charge is 2.35. The van der Waals surface area contributed by atoms with Crippen LogP contribution in [-0.2, 0) is 10.0 Å². The summed E-state index contributed by atoms with van der Waals surface area (Å²) in [6.45, 7) is 2.06. The fraction of sp³-hybridized carbons (Fsp3) is 0.429. The first kappa shape index (κ1) is 14.2. The number of hydrogen-bond donors (Lipinski definition) is 1. The van der Waals surface area contributed by atoms with E-state index in [0.29, 0.717) is 5.82 Å². The Morgan fingerprint density at radius 1 is 1.29 bits per heavy atom. The number of nitrogens with two attached hydrogens (primary N) is 1. The molecule has 0 spiro atoms. The summed E-state index contributed by atoms with van der Waals surface area (Å²) in [6, 6.07) is 10.1. The molecule has 0 bridgehead atoms. The van der Waals surface area contributed by atoms with E-state index in [2.05, 4.69) is 17.1 Å². The van der Waals surface area contributed by atoms with E-state index < -0.39 is 10.0 Å². The third-order valence-electron chi connectivity index (χ3n) is 3.78. The quantitative estimate of drug-likeness (QED) is 0.912. The molecule has 112 valence electrons. The second-order valence-corrected chi connectivity index (χ2v) is 6.81. The zero-order valence-electron chi connectivity index (χ0n) is 11.8. The number of aromatic nitrogens is 3. The maximum atomic E-state index is 11.7. The van der Waals surface area contributed by atoms with Gasteiger partial charge in [0.25, 0.3) is 15.2 Å². The highest BCUT2D eigenvalue weighted by Crippen LogP contribution is 2.40. The van der Waals surface area contributed by atoms with Gasteiger partial charge in [-0.15, -0.1) is 10.2 Å². The van der Waals surface area contributed by atoms with Crippen LogP contribution in [0, 0.1) is 0 Å². The monoisotopic (exact) mass is 306 g/mol. The molecule has 2 aromatic rings. The summed E-state index contributed by atoms with van der Waals surface area (Å²) in [7, 11) is -3.85. The number of hydrogen-bond acceptors (Lipinski definition) is 4. The summed E-state index contributed by atoms with van der Waals surface area (Å²) in [5.41, 5.74) is 1.11. The molecule has 3 rings (SSSR count). The van der Waals surface area contributed by atoms with Gasteiger partial charge in [0, 0.05) is 12.0 Å². The van der Waals surface area contributed by atoms with E-state index in [9.17, 15) is 8.42 Å². The molecule has 7 heteroatoms. The third-order valence-corrected chi connectivity index (χ3v) is 4.57. The van der Waals surface area contributed by atoms with Crippen LogP contribution in [0.25, 0.3) is 0 Å². The van der Waals surface area contributed by atoms with Crippen LogP contribution in [0.1, 0.15) is 49.5 Å². The molecule has 0 radical (unpaired) electrons. The molecule has 0 aliphatic heterocycles. The topological polar surface area (TPSA) is 90.9 Å². The van der Waals surface area contributed by atoms with Crippen LogP contribution in [0.5, 0.6) is 0 Å². The van der Waals surface area contributed by atoms with Gasteiger partial charge in [0.15, 0.2) is 0 Å². The van der Waals surface area contributed by atoms with Crippen molar-refractivity contribution >= 4 is 10.0 Å². The zero-order valence-corrected chi connectivity index (χ0v) is 12.6. The highest BCUT2D eigenvalue weighted by atomic mass is 32.2. The van der Waals surface area contributed by atoms with Crippen molar-refractivity contribution in [3.05, 3.63) is 41.7 Å². The number of sulfonamides is 1. The molecule has 1 unspecified atom stereocenters. The summed E-state index contributed by atoms with van der Waals surface area (Å²) in [5.74, 6) is 0.713. The Labute approximate surface area is 124 Å². The summed E-state index contributed by atoms with van der Waals surface area (Å²) in [4.78, 5) is 0. The minimum Gasteiger partial charge on any atom is -0.297 e. The van der Waals surface area contributed by atoms with Gasteiger partial charge in [-0.2, -0.15) is 0 Å². The van der Waals surface area contributed by atoms with Crippen molar-refractivity contribution < 1.29 is 8.42 Å². The zero-order chi connectivity index (χ0) is 15.0. The van der Waals surface area contributed by atoms with E-state index in [1.807, 2.05) is 30.3 Å². The van der Waals surface area contributed by atoms with Crippen molar-refractivity contribution in [3.8, 4) is 0 Å². The average molecular weight is 306 g/mol. The molecule has 1 aliphatic carbocycles. The fourth-order valence-electron chi connectivity index (χ4n) is 2.65. The van der Waals surface area contributed by atoms with Crippen LogP contribution in [0.2, 0.25) is 0 Å². The minimum atomic E-state index is -3.85. The van der Waals surface area contributed by atoms with E-state index in [4.69, 9.17) is 5.14 Å². The Hall–Kier alpha value is -1.73. The molecule has 1 atom stereocenters. The standard InChI is InChI=1S/C14H18N4O2S/c1-2-12(10-6-4-3-5-7-10)13-16-17-14(21(15,19)20)18(13)11-8-9-11/h3-7,11-12H,2,8-9H2,1H3,(H2,15,19,20). The molecule has 6 nitrogen and oxygen atoms in total. The molecule has 0 saturated heterocycles. The van der Waals surface area contributed by atoms with Gasteiger partial charge >= 0.3 is 0 Å². The first-order valence-electron chi connectivity index (χ1n) is 7.05. The first-order valence-corrected chi connectivity index (χ1v) is 8.59. The number of rotatable bonds is 5. The molecule has 1 aromatic carbocycles. The van der Waals surface area contributed by atoms with Crippen molar-refractivity contribution in [1.82, 2.24) is 14.8 Å². The van der Waals surface area contributed by atoms with Crippen molar-refractivity contribution in [2.75, 3.05) is 0 Å². The van der Waals surface area contributed by atoms with Crippen molar-refractivity contribution in [1.29, 1.82) is 0 Å². The van der Waals surface area contributed by atoms with Gasteiger partial charge < -0.3 is 0 Å². The van der Waals surface area contributed by atoms with Crippen LogP contribution in [0.15, 0.2) is 35.5 Å². The van der Waals surface area contributed by atoms with Crippen LogP contribution in [0.3, 0.4) is 0 Å². The van der Waals surface area contributed by atoms with Gasteiger partial charge in [-0.05, 0) is 24.8 Å². The molecule has 1 heterocycles. The summed E-state index contributed by atoms with van der Waals surface area (Å²) < 4.78 is 25.1. The summed E-state index contributed by atoms with van der Waals surface area (Å²) >= 11 is 0. The molecule has 1 aliphatic rings. The van der Waals surface area contributed by atoms with E-state index in [0.717, 1.165) is 24.8 Å². The number of nitrogens with zero attached hydrogens (tertiary/aromatic N) is 3. The fourth-order valence-corrected chi connectivity index (χ4v) is 3.32. The molecular weight excluding hydrogens is 288 g/mol. The van der Waals surface area contributed by atoms with Crippen LogP contribution in [-0.4, -0.2) is 23.2 Å². The van der Waals surface area contributed by atoms with Gasteiger partial charge in [-0.3, -0.25) is 4.57 Å². The second-order valence-electron chi connectivity index (χ2n) is 5.36. The SMILES string of the molecule is CCC(c1ccccc1)c1nnc(S(N)(=O)=O)n1C1CC1. The molecule has 1 fully saturated rings. The summed E-state index contributed by atoms with van der Waals surface area (Å²) in [5, 5.41) is 13.1. The molecular formula is C14H18N4O2S. The Morgan fingerprint density at radius 3 is 2.48 bits per heavy atom. The predicted octanol–water partition coefficient (Wildman–Crippen LogP) is 1.80. The van der Waals surface area contributed by atoms with Crippen molar-refractivity contribution in [2.45, 2.75) is 43.3 Å². The second kappa shape index (κ2) is 5.23. The lowest BCUT2D eigenvalue weighted by molar-refractivity contribution is 0.548. The van der Waals surface area contributed by atoms with E-state index in [-0.39, 0.29) is 17.1 Å². The predicted molar refractivity (Wildman–Crippen MR) is 78.2 cm³/mol. The molecule has 1 saturated carbocycles.